The first-order chi connectivity index (χ1) is 10.8. The minimum atomic E-state index is -1.02. The molecule has 5 nitrogen and oxygen atoms in total. The second kappa shape index (κ2) is 8.07. The van der Waals surface area contributed by atoms with Crippen molar-refractivity contribution in [3.63, 3.8) is 0 Å². The van der Waals surface area contributed by atoms with Gasteiger partial charge in [-0.1, -0.05) is 41.5 Å². The molecule has 0 aliphatic rings. The number of hydrogen-bond donors (Lipinski definition) is 1. The molecule has 0 aliphatic carbocycles. The van der Waals surface area contributed by atoms with Crippen molar-refractivity contribution in [3.8, 4) is 0 Å². The van der Waals surface area contributed by atoms with Crippen molar-refractivity contribution in [1.29, 1.82) is 0 Å². The van der Waals surface area contributed by atoms with E-state index in [1.54, 1.807) is 0 Å². The van der Waals surface area contributed by atoms with Crippen LogP contribution in [0.3, 0.4) is 0 Å². The first-order valence-corrected chi connectivity index (χ1v) is 9.02. The molecule has 2 N–H and O–H groups in total. The number of carbonyl (C=O) groups is 2. The molecule has 1 unspecified atom stereocenters. The Morgan fingerprint density at radius 1 is 0.760 bits per heavy atom. The zero-order valence-corrected chi connectivity index (χ0v) is 17.9. The van der Waals surface area contributed by atoms with Crippen molar-refractivity contribution in [2.75, 3.05) is 0 Å². The van der Waals surface area contributed by atoms with Gasteiger partial charge in [0.25, 0.3) is 0 Å². The largest absolute Gasteiger partial charge is 0.460 e. The lowest BCUT2D eigenvalue weighted by Gasteiger charge is -2.33. The quantitative estimate of drug-likeness (QED) is 0.690. The third-order valence-electron chi connectivity index (χ3n) is 3.37. The van der Waals surface area contributed by atoms with Crippen LogP contribution < -0.4 is 5.73 Å². The molecule has 0 bridgehead atoms. The second-order valence-electron chi connectivity index (χ2n) is 10.7. The molecule has 0 heterocycles. The Morgan fingerprint density at radius 2 is 1.12 bits per heavy atom. The minimum absolute atomic E-state index is 0.0176. The summed E-state index contributed by atoms with van der Waals surface area (Å²) in [6.45, 7) is 19.9. The van der Waals surface area contributed by atoms with Crippen LogP contribution in [-0.2, 0) is 19.1 Å². The molecule has 0 spiro atoms. The van der Waals surface area contributed by atoms with Crippen LogP contribution in [0.2, 0.25) is 0 Å². The summed E-state index contributed by atoms with van der Waals surface area (Å²) in [5.41, 5.74) is 4.66. The van der Waals surface area contributed by atoms with Crippen LogP contribution in [-0.4, -0.2) is 29.2 Å². The molecule has 0 rings (SSSR count). The first kappa shape index (κ1) is 23.9. The summed E-state index contributed by atoms with van der Waals surface area (Å²) in [5.74, 6) is -1.05. The lowest BCUT2D eigenvalue weighted by molar-refractivity contribution is -0.167. The number of rotatable bonds is 7. The van der Waals surface area contributed by atoms with Gasteiger partial charge in [-0.15, -0.1) is 0 Å². The predicted octanol–water partition coefficient (Wildman–Crippen LogP) is 4.22. The van der Waals surface area contributed by atoms with Crippen molar-refractivity contribution >= 4 is 11.9 Å². The van der Waals surface area contributed by atoms with Gasteiger partial charge in [0, 0.05) is 0 Å². The molecule has 0 amide bonds. The van der Waals surface area contributed by atoms with E-state index in [-0.39, 0.29) is 17.3 Å². The van der Waals surface area contributed by atoms with Crippen molar-refractivity contribution in [3.05, 3.63) is 0 Å². The Balaban J connectivity index is 4.64. The van der Waals surface area contributed by atoms with Gasteiger partial charge in [-0.05, 0) is 51.4 Å². The third-order valence-corrected chi connectivity index (χ3v) is 3.37. The Kier molecular flexibility index (Phi) is 7.71. The van der Waals surface area contributed by atoms with Gasteiger partial charge in [-0.2, -0.15) is 0 Å². The van der Waals surface area contributed by atoms with E-state index in [1.165, 1.54) is 0 Å². The molecule has 0 fully saturated rings. The van der Waals surface area contributed by atoms with Gasteiger partial charge in [-0.25, -0.2) is 0 Å². The highest BCUT2D eigenvalue weighted by molar-refractivity contribution is 5.82. The van der Waals surface area contributed by atoms with E-state index in [4.69, 9.17) is 15.2 Å². The highest BCUT2D eigenvalue weighted by Crippen LogP contribution is 2.31. The van der Waals surface area contributed by atoms with Crippen molar-refractivity contribution in [2.45, 2.75) is 106 Å². The van der Waals surface area contributed by atoms with Crippen LogP contribution in [0.25, 0.3) is 0 Å². The maximum absolute atomic E-state index is 12.2. The van der Waals surface area contributed by atoms with Crippen LogP contribution in [0.1, 0.15) is 88.5 Å². The summed E-state index contributed by atoms with van der Waals surface area (Å²) >= 11 is 0. The summed E-state index contributed by atoms with van der Waals surface area (Å²) in [7, 11) is 0. The van der Waals surface area contributed by atoms with Crippen LogP contribution >= 0.6 is 0 Å². The molecule has 0 aromatic rings. The summed E-state index contributed by atoms with van der Waals surface area (Å²) in [6, 6.07) is -1.02. The zero-order chi connectivity index (χ0) is 20.3. The fraction of sp³-hybridized carbons (Fsp3) is 0.900. The van der Waals surface area contributed by atoms with Gasteiger partial charge in [0.1, 0.15) is 17.2 Å². The maximum Gasteiger partial charge on any atom is 0.324 e. The van der Waals surface area contributed by atoms with E-state index in [2.05, 4.69) is 41.5 Å². The Bertz CT molecular complexity index is 467. The number of carbonyl (C=O) groups excluding carboxylic acids is 2. The van der Waals surface area contributed by atoms with E-state index in [9.17, 15) is 9.59 Å². The molecule has 25 heavy (non-hydrogen) atoms. The summed E-state index contributed by atoms with van der Waals surface area (Å²) in [5, 5.41) is 0. The van der Waals surface area contributed by atoms with Crippen LogP contribution in [0.5, 0.6) is 0 Å². The average Bonchev–Trinajstić information content (AvgIpc) is 2.18. The van der Waals surface area contributed by atoms with E-state index in [0.29, 0.717) is 12.8 Å². The van der Waals surface area contributed by atoms with Crippen LogP contribution in [0, 0.1) is 10.8 Å². The SMILES string of the molecule is CC(C)(C)CC(C)(C)OC(=O)CC(N)C(=O)OC(C)(C)CC(C)(C)C. The number of hydrogen-bond acceptors (Lipinski definition) is 5. The fourth-order valence-corrected chi connectivity index (χ4v) is 3.59. The average molecular weight is 358 g/mol. The molecule has 148 valence electrons. The summed E-state index contributed by atoms with van der Waals surface area (Å²) < 4.78 is 11.0. The predicted molar refractivity (Wildman–Crippen MR) is 101 cm³/mol. The summed E-state index contributed by atoms with van der Waals surface area (Å²) in [6.07, 6.45) is 1.23. The molecule has 0 aliphatic heterocycles. The molecule has 0 aromatic carbocycles. The smallest absolute Gasteiger partial charge is 0.324 e. The van der Waals surface area contributed by atoms with Crippen molar-refractivity contribution in [1.82, 2.24) is 0 Å². The van der Waals surface area contributed by atoms with Crippen molar-refractivity contribution < 1.29 is 19.1 Å². The van der Waals surface area contributed by atoms with Gasteiger partial charge in [0.05, 0.1) is 6.42 Å². The topological polar surface area (TPSA) is 78.6 Å². The Morgan fingerprint density at radius 3 is 1.48 bits per heavy atom. The highest BCUT2D eigenvalue weighted by Gasteiger charge is 2.33. The monoisotopic (exact) mass is 357 g/mol. The van der Waals surface area contributed by atoms with Crippen LogP contribution in [0.15, 0.2) is 0 Å². The zero-order valence-electron chi connectivity index (χ0n) is 17.9. The molecule has 0 aromatic heterocycles. The van der Waals surface area contributed by atoms with Gasteiger partial charge < -0.3 is 15.2 Å². The molecular formula is C20H39NO4. The molecular weight excluding hydrogens is 318 g/mol. The molecule has 0 saturated heterocycles. The second-order valence-corrected chi connectivity index (χ2v) is 10.7. The van der Waals surface area contributed by atoms with Gasteiger partial charge in [0.2, 0.25) is 0 Å². The molecule has 0 radical (unpaired) electrons. The number of nitrogens with two attached hydrogens (primary N) is 1. The van der Waals surface area contributed by atoms with E-state index >= 15 is 0 Å². The molecule has 5 heteroatoms. The van der Waals surface area contributed by atoms with Crippen LogP contribution in [0.4, 0.5) is 0 Å². The normalized spacial score (nSPS) is 14.8. The lowest BCUT2D eigenvalue weighted by Crippen LogP contribution is -2.42. The lowest BCUT2D eigenvalue weighted by atomic mass is 9.83. The standard InChI is InChI=1S/C20H39NO4/c1-17(2,3)12-19(7,8)24-15(22)11-14(21)16(23)25-20(9,10)13-18(4,5)6/h14H,11-13,21H2,1-10H3. The fourth-order valence-electron chi connectivity index (χ4n) is 3.59. The number of ether oxygens (including phenoxy) is 2. The van der Waals surface area contributed by atoms with E-state index < -0.39 is 29.2 Å². The Labute approximate surface area is 154 Å². The van der Waals surface area contributed by atoms with Gasteiger partial charge in [0.15, 0.2) is 0 Å². The molecule has 1 atom stereocenters. The van der Waals surface area contributed by atoms with Gasteiger partial charge >= 0.3 is 11.9 Å². The molecule has 0 saturated carbocycles. The number of esters is 2. The minimum Gasteiger partial charge on any atom is -0.460 e. The van der Waals surface area contributed by atoms with Gasteiger partial charge in [-0.3, -0.25) is 9.59 Å². The van der Waals surface area contributed by atoms with Crippen molar-refractivity contribution in [2.24, 2.45) is 16.6 Å². The maximum atomic E-state index is 12.2. The summed E-state index contributed by atoms with van der Waals surface area (Å²) in [4.78, 5) is 24.4. The third kappa shape index (κ3) is 12.0. The Hall–Kier alpha value is -1.10. The van der Waals surface area contributed by atoms with E-state index in [1.807, 2.05) is 27.7 Å². The first-order valence-electron chi connectivity index (χ1n) is 9.02. The highest BCUT2D eigenvalue weighted by atomic mass is 16.6. The van der Waals surface area contributed by atoms with E-state index in [0.717, 1.165) is 0 Å².